The second kappa shape index (κ2) is 8.77. The van der Waals surface area contributed by atoms with Gasteiger partial charge in [-0.25, -0.2) is 0 Å². The smallest absolute Gasteiger partial charge is 0.137 e. The van der Waals surface area contributed by atoms with E-state index < -0.39 is 0 Å². The summed E-state index contributed by atoms with van der Waals surface area (Å²) in [5, 5.41) is 0.746. The third kappa shape index (κ3) is 5.27. The molecule has 1 heterocycles. The molecule has 2 aromatic carbocycles. The topological polar surface area (TPSA) is 30.0 Å². The Balaban J connectivity index is 1.50. The molecule has 0 saturated carbocycles. The molecule has 0 aliphatic rings. The van der Waals surface area contributed by atoms with Crippen LogP contribution in [0.1, 0.15) is 29.7 Å². The molecule has 0 saturated heterocycles. The minimum absolute atomic E-state index is 0.284. The Morgan fingerprint density at radius 1 is 0.923 bits per heavy atom. The van der Waals surface area contributed by atoms with Gasteiger partial charge in [0.25, 0.3) is 0 Å². The van der Waals surface area contributed by atoms with Gasteiger partial charge in [0, 0.05) is 29.8 Å². The van der Waals surface area contributed by atoms with Gasteiger partial charge in [0.15, 0.2) is 0 Å². The van der Waals surface area contributed by atoms with Crippen LogP contribution in [0.2, 0.25) is 5.02 Å². The van der Waals surface area contributed by atoms with Gasteiger partial charge in [-0.3, -0.25) is 9.78 Å². The molecular formula is C23H22ClNO. The fourth-order valence-corrected chi connectivity index (χ4v) is 3.12. The average Bonchev–Trinajstić information content (AvgIpc) is 2.64. The van der Waals surface area contributed by atoms with Crippen LogP contribution in [0.5, 0.6) is 0 Å². The summed E-state index contributed by atoms with van der Waals surface area (Å²) in [5.41, 5.74) is 5.59. The van der Waals surface area contributed by atoms with Gasteiger partial charge in [-0.05, 0) is 66.3 Å². The minimum Gasteiger partial charge on any atom is -0.299 e. The van der Waals surface area contributed by atoms with Crippen molar-refractivity contribution in [1.82, 2.24) is 4.98 Å². The van der Waals surface area contributed by atoms with Gasteiger partial charge in [-0.2, -0.15) is 0 Å². The Labute approximate surface area is 159 Å². The molecule has 1 aromatic heterocycles. The third-order valence-corrected chi connectivity index (χ3v) is 4.67. The molecule has 0 radical (unpaired) electrons. The summed E-state index contributed by atoms with van der Waals surface area (Å²) < 4.78 is 0. The average molecular weight is 364 g/mol. The number of hydrogen-bond acceptors (Lipinski definition) is 2. The first-order valence-corrected chi connectivity index (χ1v) is 9.26. The van der Waals surface area contributed by atoms with Gasteiger partial charge >= 0.3 is 0 Å². The molecular weight excluding hydrogens is 342 g/mol. The predicted octanol–water partition coefficient (Wildman–Crippen LogP) is 5.84. The number of halogens is 1. The highest BCUT2D eigenvalue weighted by Crippen LogP contribution is 2.20. The van der Waals surface area contributed by atoms with E-state index in [4.69, 9.17) is 11.6 Å². The molecule has 0 unspecified atom stereocenters. The molecule has 0 aliphatic heterocycles. The molecule has 0 bridgehead atoms. The van der Waals surface area contributed by atoms with E-state index in [2.05, 4.69) is 23.2 Å². The summed E-state index contributed by atoms with van der Waals surface area (Å²) in [4.78, 5) is 16.5. The summed E-state index contributed by atoms with van der Waals surface area (Å²) in [6.07, 6.45) is 4.70. The van der Waals surface area contributed by atoms with Crippen molar-refractivity contribution in [2.45, 2.75) is 32.6 Å². The molecule has 0 spiro atoms. The Kier molecular flexibility index (Phi) is 6.19. The number of carbonyl (C=O) groups excluding carboxylic acids is 1. The van der Waals surface area contributed by atoms with Crippen LogP contribution in [0.3, 0.4) is 0 Å². The highest BCUT2D eigenvalue weighted by Gasteiger charge is 2.05. The van der Waals surface area contributed by atoms with Gasteiger partial charge in [0.1, 0.15) is 5.78 Å². The van der Waals surface area contributed by atoms with Gasteiger partial charge in [-0.1, -0.05) is 48.0 Å². The maximum absolute atomic E-state index is 12.2. The lowest BCUT2D eigenvalue weighted by molar-refractivity contribution is -0.118. The summed E-state index contributed by atoms with van der Waals surface area (Å²) in [6.45, 7) is 1.99. The van der Waals surface area contributed by atoms with E-state index in [1.807, 2.05) is 55.6 Å². The molecule has 26 heavy (non-hydrogen) atoms. The summed E-state index contributed by atoms with van der Waals surface area (Å²) in [5.74, 6) is 0.284. The number of ketones is 1. The molecule has 0 atom stereocenters. The van der Waals surface area contributed by atoms with E-state index in [1.54, 1.807) is 0 Å². The fourth-order valence-electron chi connectivity index (χ4n) is 3.00. The van der Waals surface area contributed by atoms with Crippen molar-refractivity contribution in [3.8, 4) is 11.1 Å². The quantitative estimate of drug-likeness (QED) is 0.527. The van der Waals surface area contributed by atoms with Crippen molar-refractivity contribution < 1.29 is 4.79 Å². The van der Waals surface area contributed by atoms with Crippen LogP contribution in [0.4, 0.5) is 0 Å². The first-order chi connectivity index (χ1) is 12.6. The maximum Gasteiger partial charge on any atom is 0.137 e. The molecule has 0 N–H and O–H groups in total. The van der Waals surface area contributed by atoms with Crippen LogP contribution in [-0.2, 0) is 17.6 Å². The number of pyridine rings is 1. The molecule has 0 amide bonds. The highest BCUT2D eigenvalue weighted by molar-refractivity contribution is 6.30. The van der Waals surface area contributed by atoms with Crippen molar-refractivity contribution >= 4 is 17.4 Å². The molecule has 3 heteroatoms. The summed E-state index contributed by atoms with van der Waals surface area (Å²) in [6, 6.07) is 20.1. The largest absolute Gasteiger partial charge is 0.299 e. The maximum atomic E-state index is 12.2. The highest BCUT2D eigenvalue weighted by atomic mass is 35.5. The van der Waals surface area contributed by atoms with Crippen LogP contribution in [-0.4, -0.2) is 10.8 Å². The number of nitrogens with zero attached hydrogens (tertiary/aromatic N) is 1. The number of aryl methyl sites for hydroxylation is 2. The Bertz CT molecular complexity index is 869. The van der Waals surface area contributed by atoms with Gasteiger partial charge < -0.3 is 0 Å². The SMILES string of the molecule is Cc1cc(-c2ccc(CC(=O)CCCc3ccc(Cl)cc3)cc2)ccn1. The molecule has 2 nitrogen and oxygen atoms in total. The zero-order chi connectivity index (χ0) is 18.4. The van der Waals surface area contributed by atoms with Crippen LogP contribution in [0, 0.1) is 6.92 Å². The molecule has 3 rings (SSSR count). The number of aromatic nitrogens is 1. The lowest BCUT2D eigenvalue weighted by atomic mass is 10.00. The number of Topliss-reactive ketones (excluding diaryl/α,β-unsaturated/α-hetero) is 1. The van der Waals surface area contributed by atoms with E-state index in [0.717, 1.165) is 40.2 Å². The molecule has 132 valence electrons. The Hall–Kier alpha value is -2.45. The second-order valence-corrected chi connectivity index (χ2v) is 7.01. The van der Waals surface area contributed by atoms with Crippen LogP contribution in [0.15, 0.2) is 66.9 Å². The zero-order valence-electron chi connectivity index (χ0n) is 14.9. The number of benzene rings is 2. The first kappa shape index (κ1) is 18.3. The van der Waals surface area contributed by atoms with Gasteiger partial charge in [0.2, 0.25) is 0 Å². The van der Waals surface area contributed by atoms with E-state index in [9.17, 15) is 4.79 Å². The van der Waals surface area contributed by atoms with Crippen LogP contribution in [0.25, 0.3) is 11.1 Å². The van der Waals surface area contributed by atoms with Crippen molar-refractivity contribution in [2.24, 2.45) is 0 Å². The Morgan fingerprint density at radius 3 is 2.31 bits per heavy atom. The number of rotatable bonds is 7. The summed E-state index contributed by atoms with van der Waals surface area (Å²) in [7, 11) is 0. The van der Waals surface area contributed by atoms with E-state index in [0.29, 0.717) is 12.8 Å². The van der Waals surface area contributed by atoms with Crippen molar-refractivity contribution in [3.05, 3.63) is 88.7 Å². The Morgan fingerprint density at radius 2 is 1.62 bits per heavy atom. The fraction of sp³-hybridized carbons (Fsp3) is 0.217. The second-order valence-electron chi connectivity index (χ2n) is 6.58. The summed E-state index contributed by atoms with van der Waals surface area (Å²) >= 11 is 5.89. The monoisotopic (exact) mass is 363 g/mol. The predicted molar refractivity (Wildman–Crippen MR) is 108 cm³/mol. The minimum atomic E-state index is 0.284. The number of carbonyl (C=O) groups is 1. The zero-order valence-corrected chi connectivity index (χ0v) is 15.7. The van der Waals surface area contributed by atoms with E-state index >= 15 is 0 Å². The molecule has 3 aromatic rings. The van der Waals surface area contributed by atoms with E-state index in [-0.39, 0.29) is 5.78 Å². The van der Waals surface area contributed by atoms with Gasteiger partial charge in [0.05, 0.1) is 0 Å². The van der Waals surface area contributed by atoms with Crippen molar-refractivity contribution in [3.63, 3.8) is 0 Å². The van der Waals surface area contributed by atoms with Crippen molar-refractivity contribution in [1.29, 1.82) is 0 Å². The van der Waals surface area contributed by atoms with Crippen LogP contribution >= 0.6 is 11.6 Å². The van der Waals surface area contributed by atoms with E-state index in [1.165, 1.54) is 5.56 Å². The lowest BCUT2D eigenvalue weighted by Crippen LogP contribution is -2.03. The number of hydrogen-bond donors (Lipinski definition) is 0. The van der Waals surface area contributed by atoms with Gasteiger partial charge in [-0.15, -0.1) is 0 Å². The third-order valence-electron chi connectivity index (χ3n) is 4.42. The lowest BCUT2D eigenvalue weighted by Gasteiger charge is -2.06. The molecule has 0 fully saturated rings. The van der Waals surface area contributed by atoms with Crippen LogP contribution < -0.4 is 0 Å². The molecule has 0 aliphatic carbocycles. The normalized spacial score (nSPS) is 10.7. The first-order valence-electron chi connectivity index (χ1n) is 8.88. The standard InChI is InChI=1S/C23H22ClNO/c1-17-15-21(13-14-25-17)20-9-5-19(6-10-20)16-23(26)4-2-3-18-7-11-22(24)12-8-18/h5-15H,2-4,16H2,1H3. The van der Waals surface area contributed by atoms with Crippen molar-refractivity contribution in [2.75, 3.05) is 0 Å².